The first-order valence-corrected chi connectivity index (χ1v) is 9.55. The van der Waals surface area contributed by atoms with Crippen molar-refractivity contribution in [3.8, 4) is 5.75 Å². The first-order valence-electron chi connectivity index (χ1n) is 9.55. The zero-order valence-corrected chi connectivity index (χ0v) is 16.7. The molecule has 0 spiro atoms. The van der Waals surface area contributed by atoms with Gasteiger partial charge < -0.3 is 14.1 Å². The van der Waals surface area contributed by atoms with Crippen molar-refractivity contribution in [3.05, 3.63) is 65.5 Å². The van der Waals surface area contributed by atoms with Crippen LogP contribution in [0.25, 0.3) is 0 Å². The van der Waals surface area contributed by atoms with Crippen molar-refractivity contribution in [3.63, 3.8) is 0 Å². The van der Waals surface area contributed by atoms with Crippen LogP contribution in [0.3, 0.4) is 0 Å². The van der Waals surface area contributed by atoms with Crippen molar-refractivity contribution in [2.45, 2.75) is 25.6 Å². The molecule has 8 nitrogen and oxygen atoms in total. The molecular weight excluding hydrogens is 429 g/mol. The molecule has 1 fully saturated rings. The molecule has 1 atom stereocenters. The summed E-state index contributed by atoms with van der Waals surface area (Å²) in [6.45, 7) is 2.06. The lowest BCUT2D eigenvalue weighted by Gasteiger charge is -2.17. The largest absolute Gasteiger partial charge is 0.573 e. The highest BCUT2D eigenvalue weighted by molar-refractivity contribution is 6.03. The van der Waals surface area contributed by atoms with E-state index in [1.54, 1.807) is 18.2 Å². The molecule has 166 valence electrons. The number of rotatable bonds is 5. The van der Waals surface area contributed by atoms with E-state index in [9.17, 15) is 22.8 Å². The van der Waals surface area contributed by atoms with E-state index in [1.807, 2.05) is 13.0 Å². The van der Waals surface area contributed by atoms with E-state index in [0.717, 1.165) is 17.7 Å². The SMILES string of the molecule is Cc1cccc(C(=O)Nc2nnc([C@@H]3CC(=O)N(c4ccc(OC(F)(F)F)cc4)C3)o2)c1. The number of aryl methyl sites for hydroxylation is 1. The first-order chi connectivity index (χ1) is 15.2. The Labute approximate surface area is 180 Å². The first kappa shape index (κ1) is 21.3. The number of benzene rings is 2. The normalized spacial score (nSPS) is 16.3. The summed E-state index contributed by atoms with van der Waals surface area (Å²) in [6, 6.07) is 11.9. The molecule has 0 radical (unpaired) electrons. The number of alkyl halides is 3. The number of nitrogens with zero attached hydrogens (tertiary/aromatic N) is 3. The molecule has 11 heteroatoms. The average Bonchev–Trinajstić information content (AvgIpc) is 3.34. The number of amides is 2. The van der Waals surface area contributed by atoms with E-state index in [0.29, 0.717) is 11.3 Å². The van der Waals surface area contributed by atoms with E-state index >= 15 is 0 Å². The maximum atomic E-state index is 12.4. The number of halogens is 3. The van der Waals surface area contributed by atoms with Crippen LogP contribution in [0.15, 0.2) is 52.9 Å². The maximum Gasteiger partial charge on any atom is 0.573 e. The summed E-state index contributed by atoms with van der Waals surface area (Å²) in [5.74, 6) is -1.28. The molecule has 1 N–H and O–H groups in total. The Bertz CT molecular complexity index is 1140. The lowest BCUT2D eigenvalue weighted by atomic mass is 10.1. The fraction of sp³-hybridized carbons (Fsp3) is 0.238. The zero-order valence-electron chi connectivity index (χ0n) is 16.7. The van der Waals surface area contributed by atoms with Gasteiger partial charge in [-0.3, -0.25) is 14.9 Å². The molecule has 1 aliphatic heterocycles. The lowest BCUT2D eigenvalue weighted by molar-refractivity contribution is -0.274. The van der Waals surface area contributed by atoms with Crippen LogP contribution in [-0.4, -0.2) is 34.9 Å². The zero-order chi connectivity index (χ0) is 22.9. The average molecular weight is 446 g/mol. The predicted octanol–water partition coefficient (Wildman–Crippen LogP) is 4.05. The van der Waals surface area contributed by atoms with Crippen molar-refractivity contribution in [1.29, 1.82) is 0 Å². The lowest BCUT2D eigenvalue weighted by Crippen LogP contribution is -2.24. The van der Waals surface area contributed by atoms with E-state index in [4.69, 9.17) is 4.42 Å². The topological polar surface area (TPSA) is 97.6 Å². The van der Waals surface area contributed by atoms with Crippen molar-refractivity contribution < 1.29 is 31.9 Å². The molecule has 32 heavy (non-hydrogen) atoms. The Balaban J connectivity index is 1.41. The van der Waals surface area contributed by atoms with Gasteiger partial charge in [0.05, 0.1) is 5.92 Å². The van der Waals surface area contributed by atoms with Gasteiger partial charge in [-0.2, -0.15) is 0 Å². The molecule has 2 heterocycles. The van der Waals surface area contributed by atoms with Crippen molar-refractivity contribution in [2.75, 3.05) is 16.8 Å². The molecule has 0 unspecified atom stereocenters. The molecule has 1 aromatic heterocycles. The summed E-state index contributed by atoms with van der Waals surface area (Å²) in [4.78, 5) is 26.2. The fourth-order valence-corrected chi connectivity index (χ4v) is 3.36. The van der Waals surface area contributed by atoms with Gasteiger partial charge in [0, 0.05) is 24.2 Å². The summed E-state index contributed by atoms with van der Waals surface area (Å²) in [7, 11) is 0. The van der Waals surface area contributed by atoms with E-state index in [2.05, 4.69) is 20.3 Å². The number of hydrogen-bond donors (Lipinski definition) is 1. The second-order valence-corrected chi connectivity index (χ2v) is 7.22. The van der Waals surface area contributed by atoms with E-state index in [1.165, 1.54) is 17.0 Å². The summed E-state index contributed by atoms with van der Waals surface area (Å²) in [5.41, 5.74) is 1.77. The third-order valence-electron chi connectivity index (χ3n) is 4.80. The Morgan fingerprint density at radius 1 is 1.19 bits per heavy atom. The van der Waals surface area contributed by atoms with Crippen LogP contribution >= 0.6 is 0 Å². The number of aromatic nitrogens is 2. The van der Waals surface area contributed by atoms with Gasteiger partial charge in [-0.1, -0.05) is 22.8 Å². The highest BCUT2D eigenvalue weighted by Gasteiger charge is 2.35. The second kappa shape index (κ2) is 8.33. The number of carbonyl (C=O) groups is 2. The minimum Gasteiger partial charge on any atom is -0.407 e. The highest BCUT2D eigenvalue weighted by atomic mass is 19.4. The smallest absolute Gasteiger partial charge is 0.407 e. The quantitative estimate of drug-likeness (QED) is 0.635. The molecule has 1 saturated heterocycles. The summed E-state index contributed by atoms with van der Waals surface area (Å²) >= 11 is 0. The van der Waals surface area contributed by atoms with E-state index < -0.39 is 18.2 Å². The molecule has 0 bridgehead atoms. The highest BCUT2D eigenvalue weighted by Crippen LogP contribution is 2.33. The standard InChI is InChI=1S/C21H17F3N4O4/c1-12-3-2-4-13(9-12)18(30)25-20-27-26-19(31-20)14-10-17(29)28(11-14)15-5-7-16(8-6-15)32-21(22,23)24/h2-9,14H,10-11H2,1H3,(H,25,27,30)/t14-/m1/s1. The van der Waals surface area contributed by atoms with Gasteiger partial charge in [-0.15, -0.1) is 18.3 Å². The van der Waals surface area contributed by atoms with Crippen LogP contribution < -0.4 is 15.0 Å². The molecular formula is C21H17F3N4O4. The van der Waals surface area contributed by atoms with Crippen LogP contribution in [0.1, 0.15) is 34.2 Å². The van der Waals surface area contributed by atoms with Crippen LogP contribution in [0.4, 0.5) is 24.9 Å². The second-order valence-electron chi connectivity index (χ2n) is 7.22. The number of ether oxygens (including phenoxy) is 1. The van der Waals surface area contributed by atoms with Crippen molar-refractivity contribution in [2.24, 2.45) is 0 Å². The Hall–Kier alpha value is -3.89. The molecule has 2 amide bonds. The molecule has 1 aliphatic rings. The number of hydrogen-bond acceptors (Lipinski definition) is 6. The van der Waals surface area contributed by atoms with Crippen LogP contribution in [-0.2, 0) is 4.79 Å². The molecule has 4 rings (SSSR count). The predicted molar refractivity (Wildman–Crippen MR) is 106 cm³/mol. The third-order valence-corrected chi connectivity index (χ3v) is 4.80. The fourth-order valence-electron chi connectivity index (χ4n) is 3.36. The third kappa shape index (κ3) is 4.88. The molecule has 3 aromatic rings. The summed E-state index contributed by atoms with van der Waals surface area (Å²) in [5, 5.41) is 10.3. The van der Waals surface area contributed by atoms with Gasteiger partial charge in [-0.05, 0) is 43.3 Å². The molecule has 0 saturated carbocycles. The van der Waals surface area contributed by atoms with Gasteiger partial charge in [0.15, 0.2) is 0 Å². The van der Waals surface area contributed by atoms with Crippen molar-refractivity contribution >= 4 is 23.5 Å². The monoisotopic (exact) mass is 446 g/mol. The summed E-state index contributed by atoms with van der Waals surface area (Å²) in [6.07, 6.45) is -4.71. The minimum absolute atomic E-state index is 0.0776. The van der Waals surface area contributed by atoms with Gasteiger partial charge >= 0.3 is 12.4 Å². The van der Waals surface area contributed by atoms with Gasteiger partial charge in [0.25, 0.3) is 5.91 Å². The summed E-state index contributed by atoms with van der Waals surface area (Å²) < 4.78 is 46.3. The Kier molecular flexibility index (Phi) is 5.56. The Morgan fingerprint density at radius 2 is 1.94 bits per heavy atom. The van der Waals surface area contributed by atoms with Gasteiger partial charge in [0.2, 0.25) is 11.8 Å². The number of carbonyl (C=O) groups excluding carboxylic acids is 2. The van der Waals surface area contributed by atoms with Crippen LogP contribution in [0, 0.1) is 6.92 Å². The molecule has 0 aliphatic carbocycles. The van der Waals surface area contributed by atoms with Gasteiger partial charge in [-0.25, -0.2) is 0 Å². The number of nitrogens with one attached hydrogen (secondary N) is 1. The van der Waals surface area contributed by atoms with E-state index in [-0.39, 0.29) is 36.5 Å². The van der Waals surface area contributed by atoms with Gasteiger partial charge in [0.1, 0.15) is 5.75 Å². The van der Waals surface area contributed by atoms with Crippen molar-refractivity contribution in [1.82, 2.24) is 10.2 Å². The number of anilines is 2. The van der Waals surface area contributed by atoms with Crippen LogP contribution in [0.5, 0.6) is 5.75 Å². The minimum atomic E-state index is -4.79. The Morgan fingerprint density at radius 3 is 2.62 bits per heavy atom. The molecule has 2 aromatic carbocycles. The van der Waals surface area contributed by atoms with Crippen LogP contribution in [0.2, 0.25) is 0 Å². The maximum absolute atomic E-state index is 12.4.